The molecule has 4 rings (SSSR count). The van der Waals surface area contributed by atoms with Gasteiger partial charge in [-0.2, -0.15) is 10.5 Å². The third-order valence-corrected chi connectivity index (χ3v) is 6.95. The summed E-state index contributed by atoms with van der Waals surface area (Å²) in [7, 11) is 0. The first-order valence-corrected chi connectivity index (χ1v) is 8.22. The van der Waals surface area contributed by atoms with Crippen molar-refractivity contribution in [1.29, 1.82) is 10.5 Å². The lowest BCUT2D eigenvalue weighted by Crippen LogP contribution is -2.88. The van der Waals surface area contributed by atoms with Crippen LogP contribution in [0.5, 0.6) is 0 Å². The van der Waals surface area contributed by atoms with Crippen LogP contribution < -0.4 is 10.7 Å². The summed E-state index contributed by atoms with van der Waals surface area (Å²) >= 11 is 1.46. The van der Waals surface area contributed by atoms with E-state index in [4.69, 9.17) is 10.5 Å². The van der Waals surface area contributed by atoms with Gasteiger partial charge in [0.15, 0.2) is 10.8 Å². The van der Waals surface area contributed by atoms with Crippen molar-refractivity contribution >= 4 is 17.6 Å². The third kappa shape index (κ3) is 1.17. The Morgan fingerprint density at radius 2 is 2.00 bits per heavy atom. The zero-order valence-electron chi connectivity index (χ0n) is 12.4. The van der Waals surface area contributed by atoms with Gasteiger partial charge in [0, 0.05) is 5.75 Å². The second-order valence-electron chi connectivity index (χ2n) is 6.21. The molecule has 5 nitrogen and oxygen atoms in total. The lowest BCUT2D eigenvalue weighted by molar-refractivity contribution is -0.584. The van der Waals surface area contributed by atoms with Crippen molar-refractivity contribution < 1.29 is 14.1 Å². The van der Waals surface area contributed by atoms with Crippen LogP contribution in [0.3, 0.4) is 0 Å². The predicted molar refractivity (Wildman–Crippen MR) is 81.1 cm³/mol. The summed E-state index contributed by atoms with van der Waals surface area (Å²) in [6, 6.07) is 10.5. The van der Waals surface area contributed by atoms with Crippen molar-refractivity contribution in [3.8, 4) is 12.1 Å². The Morgan fingerprint density at radius 3 is 2.52 bits per heavy atom. The van der Waals surface area contributed by atoms with E-state index in [-0.39, 0.29) is 11.7 Å². The molecule has 0 aromatic heterocycles. The number of thioether (sulfide) groups is 1. The van der Waals surface area contributed by atoms with E-state index in [1.807, 2.05) is 6.92 Å². The fourth-order valence-corrected chi connectivity index (χ4v) is 6.00. The van der Waals surface area contributed by atoms with Crippen molar-refractivity contribution in [1.82, 2.24) is 0 Å². The molecular weight excluding hydrogens is 315 g/mol. The zero-order valence-corrected chi connectivity index (χ0v) is 13.2. The van der Waals surface area contributed by atoms with E-state index >= 15 is 0 Å². The van der Waals surface area contributed by atoms with Crippen LogP contribution in [0.1, 0.15) is 12.5 Å². The molecule has 1 aromatic rings. The molecule has 2 fully saturated rings. The second kappa shape index (κ2) is 4.05. The molecule has 0 unspecified atom stereocenters. The highest BCUT2D eigenvalue weighted by Crippen LogP contribution is 2.83. The molecule has 7 heteroatoms. The number of halogens is 1. The molecule has 2 aliphatic heterocycles. The van der Waals surface area contributed by atoms with Crippen LogP contribution in [-0.4, -0.2) is 23.3 Å². The molecule has 4 atom stereocenters. The first kappa shape index (κ1) is 14.5. The summed E-state index contributed by atoms with van der Waals surface area (Å²) in [6.07, 6.45) is 0. The number of nitriles is 2. The number of nitrogens with one attached hydrogen (secondary N) is 1. The Kier molecular flexibility index (Phi) is 2.56. The van der Waals surface area contributed by atoms with Crippen LogP contribution in [0.25, 0.3) is 0 Å². The first-order chi connectivity index (χ1) is 11.0. The Hall–Kier alpha value is -2.09. The number of nitrogens with two attached hydrogens (primary N) is 1. The van der Waals surface area contributed by atoms with E-state index in [2.05, 4.69) is 17.1 Å². The number of rotatable bonds is 1. The fraction of sp³-hybridized carbons (Fsp3) is 0.438. The predicted octanol–water partition coefficient (Wildman–Crippen LogP) is -0.0144. The van der Waals surface area contributed by atoms with Crippen LogP contribution in [0.4, 0.5) is 4.39 Å². The van der Waals surface area contributed by atoms with E-state index in [9.17, 15) is 14.9 Å². The lowest BCUT2D eigenvalue weighted by Gasteiger charge is -2.27. The maximum atomic E-state index is 13.3. The van der Waals surface area contributed by atoms with Crippen LogP contribution in [-0.2, 0) is 10.2 Å². The van der Waals surface area contributed by atoms with Gasteiger partial charge >= 0.3 is 0 Å². The summed E-state index contributed by atoms with van der Waals surface area (Å²) < 4.78 is 19.2. The van der Waals surface area contributed by atoms with Gasteiger partial charge in [0.2, 0.25) is 0 Å². The van der Waals surface area contributed by atoms with Crippen molar-refractivity contribution in [2.24, 2.45) is 16.6 Å². The van der Waals surface area contributed by atoms with Gasteiger partial charge in [-0.15, -0.1) is 0 Å². The first-order valence-electron chi connectivity index (χ1n) is 7.23. The number of benzene rings is 1. The maximum absolute atomic E-state index is 13.3. The van der Waals surface area contributed by atoms with Crippen LogP contribution >= 0.6 is 11.8 Å². The van der Waals surface area contributed by atoms with Crippen molar-refractivity contribution in [3.05, 3.63) is 35.6 Å². The molecule has 0 bridgehead atoms. The molecule has 1 saturated heterocycles. The van der Waals surface area contributed by atoms with Gasteiger partial charge in [0.25, 0.3) is 10.9 Å². The second-order valence-corrected chi connectivity index (χ2v) is 7.48. The van der Waals surface area contributed by atoms with E-state index in [1.165, 1.54) is 23.9 Å². The highest BCUT2D eigenvalue weighted by atomic mass is 32.2. The number of nitrogens with zero attached hydrogens (tertiary/aromatic N) is 2. The average Bonchev–Trinajstić information content (AvgIpc) is 2.83. The van der Waals surface area contributed by atoms with Crippen LogP contribution in [0, 0.1) is 39.3 Å². The molecular formula is C16H14FN4OS+. The van der Waals surface area contributed by atoms with Gasteiger partial charge in [-0.1, -0.05) is 30.8 Å². The Balaban J connectivity index is 2.00. The standard InChI is InChI=1S/C16H13FN4OS/c1-13(10-2-4-11(17)5-3-10)14(8-18)12(20)21-16(15(13,14)9-19)22-6-7-23-16/h2-5H,6-7H2,1H3,(H2,20,21)/p+1/t13-,14+,15-,16-/m1/s1. The van der Waals surface area contributed by atoms with Crippen LogP contribution in [0.15, 0.2) is 24.3 Å². The number of hydrogen-bond acceptors (Lipinski definition) is 5. The highest BCUT2D eigenvalue weighted by Gasteiger charge is 3.02. The molecule has 0 amide bonds. The Labute approximate surface area is 136 Å². The molecule has 3 aliphatic rings. The Morgan fingerprint density at radius 1 is 1.30 bits per heavy atom. The monoisotopic (exact) mass is 329 g/mol. The summed E-state index contributed by atoms with van der Waals surface area (Å²) in [5.74, 6) is 0.601. The molecule has 1 aliphatic carbocycles. The maximum Gasteiger partial charge on any atom is 0.278 e. The minimum atomic E-state index is -1.20. The summed E-state index contributed by atoms with van der Waals surface area (Å²) in [6.45, 7) is 2.32. The number of fused-ring (bicyclic) bond motifs is 2. The summed E-state index contributed by atoms with van der Waals surface area (Å²) in [5, 5.41) is 19.0. The Bertz CT molecular complexity index is 820. The van der Waals surface area contributed by atoms with Gasteiger partial charge in [-0.05, 0) is 17.7 Å². The molecule has 0 radical (unpaired) electrons. The molecule has 23 heavy (non-hydrogen) atoms. The van der Waals surface area contributed by atoms with E-state index in [1.54, 1.807) is 12.1 Å². The summed E-state index contributed by atoms with van der Waals surface area (Å²) in [5.41, 5.74) is 3.66. The summed E-state index contributed by atoms with van der Waals surface area (Å²) in [4.78, 5) is 3.06. The smallest absolute Gasteiger partial charge is 0.278 e. The van der Waals surface area contributed by atoms with Gasteiger partial charge in [-0.25, -0.2) is 9.38 Å². The molecule has 1 spiro atoms. The van der Waals surface area contributed by atoms with Crippen molar-refractivity contribution in [2.45, 2.75) is 17.4 Å². The molecule has 1 saturated carbocycles. The quantitative estimate of drug-likeness (QED) is 0.755. The number of hydrogen-bond donors (Lipinski definition) is 2. The molecule has 1 aromatic carbocycles. The van der Waals surface area contributed by atoms with Gasteiger partial charge < -0.3 is 4.74 Å². The van der Waals surface area contributed by atoms with Gasteiger partial charge in [0.1, 0.15) is 5.82 Å². The molecule has 2 heterocycles. The normalized spacial score (nSPS) is 43.6. The van der Waals surface area contributed by atoms with E-state index in [0.29, 0.717) is 17.9 Å². The van der Waals surface area contributed by atoms with Crippen molar-refractivity contribution in [3.63, 3.8) is 0 Å². The van der Waals surface area contributed by atoms with Crippen molar-refractivity contribution in [2.75, 3.05) is 12.4 Å². The van der Waals surface area contributed by atoms with E-state index in [0.717, 1.165) is 0 Å². The minimum Gasteiger partial charge on any atom is -0.327 e. The zero-order chi connectivity index (χ0) is 16.5. The SMILES string of the molecule is C[C@@]1(c2ccc(F)cc2)[C@]2(C#N)C(N)=[NH+][C@@]3(OCCS3)[C@@]21C#N. The minimum absolute atomic E-state index is 0.253. The highest BCUT2D eigenvalue weighted by molar-refractivity contribution is 8.00. The molecule has 3 N–H and O–H groups in total. The number of amidine groups is 1. The fourth-order valence-electron chi connectivity index (χ4n) is 4.57. The van der Waals surface area contributed by atoms with E-state index < -0.39 is 21.3 Å². The number of ether oxygens (including phenoxy) is 1. The van der Waals surface area contributed by atoms with Gasteiger partial charge in [-0.3, -0.25) is 5.73 Å². The molecule has 116 valence electrons. The third-order valence-electron chi connectivity index (χ3n) is 5.65. The topological polar surface area (TPSA) is 96.8 Å². The van der Waals surface area contributed by atoms with Crippen LogP contribution in [0.2, 0.25) is 0 Å². The largest absolute Gasteiger partial charge is 0.327 e. The lowest BCUT2D eigenvalue weighted by atomic mass is 9.85. The average molecular weight is 329 g/mol. The van der Waals surface area contributed by atoms with Gasteiger partial charge in [0.05, 0.1) is 24.2 Å².